The van der Waals surface area contributed by atoms with Crippen LogP contribution in [0.5, 0.6) is 0 Å². The van der Waals surface area contributed by atoms with E-state index in [1.807, 2.05) is 0 Å². The van der Waals surface area contributed by atoms with E-state index in [2.05, 4.69) is 0 Å². The molecule has 0 heterocycles. The van der Waals surface area contributed by atoms with Crippen LogP contribution in [0, 0.1) is 23.7 Å². The summed E-state index contributed by atoms with van der Waals surface area (Å²) < 4.78 is 16.6. The molecule has 2 fully saturated rings. The predicted octanol–water partition coefficient (Wildman–Crippen LogP) is 1.97. The highest BCUT2D eigenvalue weighted by Gasteiger charge is 2.75. The van der Waals surface area contributed by atoms with Crippen molar-refractivity contribution >= 4 is 11.6 Å². The Kier molecular flexibility index (Phi) is 1.92. The molecule has 2 bridgehead atoms. The molecule has 0 unspecified atom stereocenters. The number of hydrogen-bond acceptors (Lipinski definition) is 3. The fourth-order valence-electron chi connectivity index (χ4n) is 3.65. The Morgan fingerprint density at radius 2 is 1.73 bits per heavy atom. The van der Waals surface area contributed by atoms with E-state index in [-0.39, 0.29) is 11.8 Å². The largest absolute Gasteiger partial charge is 0.499 e. The van der Waals surface area contributed by atoms with Gasteiger partial charge in [0.25, 0.3) is 0 Å². The van der Waals surface area contributed by atoms with Crippen molar-refractivity contribution in [2.75, 3.05) is 21.3 Å². The van der Waals surface area contributed by atoms with Gasteiger partial charge in [-0.05, 0) is 18.3 Å². The van der Waals surface area contributed by atoms with Crippen molar-refractivity contribution in [3.8, 4) is 0 Å². The molecular weight excluding hydrogens is 216 g/mol. The summed E-state index contributed by atoms with van der Waals surface area (Å²) in [6, 6.07) is 0. The molecule has 3 aliphatic rings. The lowest BCUT2D eigenvalue weighted by Gasteiger charge is -2.34. The van der Waals surface area contributed by atoms with Crippen LogP contribution in [0.4, 0.5) is 0 Å². The summed E-state index contributed by atoms with van der Waals surface area (Å²) in [6.45, 7) is 0. The molecule has 0 N–H and O–H groups in total. The van der Waals surface area contributed by atoms with Gasteiger partial charge in [-0.25, -0.2) is 0 Å². The third-order valence-electron chi connectivity index (χ3n) is 4.26. The second-order valence-corrected chi connectivity index (χ2v) is 4.97. The Balaban J connectivity index is 2.06. The Morgan fingerprint density at radius 1 is 1.13 bits per heavy atom. The van der Waals surface area contributed by atoms with Crippen LogP contribution in [0.15, 0.2) is 10.8 Å². The summed E-state index contributed by atoms with van der Waals surface area (Å²) >= 11 is 6.33. The molecule has 3 rings (SSSR count). The second kappa shape index (κ2) is 2.90. The summed E-state index contributed by atoms with van der Waals surface area (Å²) in [7, 11) is 5.06. The van der Waals surface area contributed by atoms with E-state index in [0.29, 0.717) is 11.8 Å². The third kappa shape index (κ3) is 0.907. The van der Waals surface area contributed by atoms with Gasteiger partial charge < -0.3 is 14.2 Å². The van der Waals surface area contributed by atoms with Gasteiger partial charge in [-0.1, -0.05) is 11.6 Å². The Morgan fingerprint density at radius 3 is 2.20 bits per heavy atom. The number of halogens is 1. The Labute approximate surface area is 94.3 Å². The van der Waals surface area contributed by atoms with Crippen LogP contribution in [0.2, 0.25) is 0 Å². The number of hydrogen-bond donors (Lipinski definition) is 0. The number of fused-ring (bicyclic) bond motifs is 5. The maximum absolute atomic E-state index is 6.33. The van der Waals surface area contributed by atoms with Crippen molar-refractivity contribution < 1.29 is 14.2 Å². The molecule has 0 spiro atoms. The van der Waals surface area contributed by atoms with Crippen LogP contribution in [-0.4, -0.2) is 27.1 Å². The van der Waals surface area contributed by atoms with Gasteiger partial charge in [0.1, 0.15) is 5.76 Å². The minimum atomic E-state index is -0.560. The molecular formula is C11H15ClO3. The van der Waals surface area contributed by atoms with Gasteiger partial charge >= 0.3 is 0 Å². The maximum Gasteiger partial charge on any atom is 0.185 e. The van der Waals surface area contributed by atoms with Crippen molar-refractivity contribution in [3.05, 3.63) is 10.8 Å². The van der Waals surface area contributed by atoms with E-state index in [9.17, 15) is 0 Å². The van der Waals surface area contributed by atoms with Crippen molar-refractivity contribution in [1.82, 2.24) is 0 Å². The predicted molar refractivity (Wildman–Crippen MR) is 55.2 cm³/mol. The lowest BCUT2D eigenvalue weighted by Crippen LogP contribution is -2.43. The number of rotatable bonds is 3. The van der Waals surface area contributed by atoms with E-state index in [1.165, 1.54) is 6.42 Å². The van der Waals surface area contributed by atoms with Crippen LogP contribution in [0.25, 0.3) is 0 Å². The highest BCUT2D eigenvalue weighted by atomic mass is 35.5. The second-order valence-electron chi connectivity index (χ2n) is 4.56. The van der Waals surface area contributed by atoms with E-state index in [1.54, 1.807) is 21.3 Å². The standard InChI is InChI=1S/C11H15ClO3/c1-13-10-8-6-4-5(6)7(9(10)12)11(8,14-2)15-3/h5-8H,4H2,1-3H3/t5-,6+,7+,8-/m0/s1. The van der Waals surface area contributed by atoms with Crippen molar-refractivity contribution in [2.24, 2.45) is 23.7 Å². The molecule has 0 aliphatic heterocycles. The van der Waals surface area contributed by atoms with Crippen molar-refractivity contribution in [1.29, 1.82) is 0 Å². The van der Waals surface area contributed by atoms with Crippen LogP contribution in [0.3, 0.4) is 0 Å². The molecule has 15 heavy (non-hydrogen) atoms. The van der Waals surface area contributed by atoms with Crippen LogP contribution < -0.4 is 0 Å². The summed E-state index contributed by atoms with van der Waals surface area (Å²) in [6.07, 6.45) is 1.23. The molecule has 0 aromatic carbocycles. The quantitative estimate of drug-likeness (QED) is 0.694. The number of methoxy groups -OCH3 is 3. The van der Waals surface area contributed by atoms with E-state index < -0.39 is 5.79 Å². The summed E-state index contributed by atoms with van der Waals surface area (Å²) in [5.41, 5.74) is 0. The molecule has 3 nitrogen and oxygen atoms in total. The van der Waals surface area contributed by atoms with Gasteiger partial charge in [0.15, 0.2) is 5.79 Å². The smallest absolute Gasteiger partial charge is 0.185 e. The zero-order chi connectivity index (χ0) is 10.8. The average Bonchev–Trinajstić information content (AvgIpc) is 2.93. The van der Waals surface area contributed by atoms with Gasteiger partial charge in [-0.15, -0.1) is 0 Å². The first-order valence-electron chi connectivity index (χ1n) is 5.25. The lowest BCUT2D eigenvalue weighted by atomic mass is 9.96. The van der Waals surface area contributed by atoms with Gasteiger partial charge in [0.2, 0.25) is 0 Å². The van der Waals surface area contributed by atoms with E-state index in [4.69, 9.17) is 25.8 Å². The first-order chi connectivity index (χ1) is 7.21. The summed E-state index contributed by atoms with van der Waals surface area (Å²) in [4.78, 5) is 0. The molecule has 2 saturated carbocycles. The molecule has 4 atom stereocenters. The van der Waals surface area contributed by atoms with Gasteiger partial charge in [-0.3, -0.25) is 0 Å². The topological polar surface area (TPSA) is 27.7 Å². The van der Waals surface area contributed by atoms with Crippen LogP contribution in [0.1, 0.15) is 6.42 Å². The highest BCUT2D eigenvalue weighted by Crippen LogP contribution is 2.73. The lowest BCUT2D eigenvalue weighted by molar-refractivity contribution is -0.242. The molecule has 84 valence electrons. The third-order valence-corrected chi connectivity index (χ3v) is 4.68. The first-order valence-corrected chi connectivity index (χ1v) is 5.63. The molecule has 0 amide bonds. The monoisotopic (exact) mass is 230 g/mol. The average molecular weight is 231 g/mol. The van der Waals surface area contributed by atoms with Gasteiger partial charge in [-0.2, -0.15) is 0 Å². The Bertz CT molecular complexity index is 335. The highest BCUT2D eigenvalue weighted by molar-refractivity contribution is 6.30. The van der Waals surface area contributed by atoms with Gasteiger partial charge in [0, 0.05) is 14.2 Å². The van der Waals surface area contributed by atoms with Gasteiger partial charge in [0.05, 0.1) is 24.0 Å². The van der Waals surface area contributed by atoms with E-state index in [0.717, 1.165) is 10.8 Å². The molecule has 0 aromatic rings. The zero-order valence-corrected chi connectivity index (χ0v) is 9.88. The molecule has 0 aromatic heterocycles. The maximum atomic E-state index is 6.33. The fraction of sp³-hybridized carbons (Fsp3) is 0.818. The normalized spacial score (nSPS) is 44.5. The van der Waals surface area contributed by atoms with Crippen molar-refractivity contribution in [3.63, 3.8) is 0 Å². The summed E-state index contributed by atoms with van der Waals surface area (Å²) in [5, 5.41) is 0.810. The Hall–Kier alpha value is -0.250. The molecule has 0 saturated heterocycles. The number of ether oxygens (including phenoxy) is 3. The molecule has 3 aliphatic carbocycles. The van der Waals surface area contributed by atoms with Crippen LogP contribution >= 0.6 is 11.6 Å². The molecule has 4 heteroatoms. The van der Waals surface area contributed by atoms with Crippen molar-refractivity contribution in [2.45, 2.75) is 12.2 Å². The fourth-order valence-corrected chi connectivity index (χ4v) is 4.16. The SMILES string of the molecule is COC1=C(Cl)[C@H]2[C@H]3C[C@H]3[C@@H]1C2(OC)OC. The molecule has 0 radical (unpaired) electrons. The van der Waals surface area contributed by atoms with E-state index >= 15 is 0 Å². The van der Waals surface area contributed by atoms with Crippen LogP contribution in [-0.2, 0) is 14.2 Å². The minimum Gasteiger partial charge on any atom is -0.499 e. The summed E-state index contributed by atoms with van der Waals surface area (Å²) in [5.74, 6) is 1.98. The minimum absolute atomic E-state index is 0.180. The zero-order valence-electron chi connectivity index (χ0n) is 9.12. The first kappa shape index (κ1) is 9.94.